The molecule has 1 heterocycles. The van der Waals surface area contributed by atoms with E-state index in [1.165, 1.54) is 12.5 Å². The molecule has 0 amide bonds. The van der Waals surface area contributed by atoms with E-state index in [1.54, 1.807) is 30.3 Å². The van der Waals surface area contributed by atoms with E-state index in [1.807, 2.05) is 13.8 Å². The fraction of sp³-hybridized carbons (Fsp3) is 0.158. The van der Waals surface area contributed by atoms with Gasteiger partial charge in [-0.25, -0.2) is 4.98 Å². The zero-order chi connectivity index (χ0) is 17.3. The normalized spacial score (nSPS) is 10.8. The van der Waals surface area contributed by atoms with Crippen LogP contribution in [0.2, 0.25) is 0 Å². The first-order chi connectivity index (χ1) is 11.5. The Hall–Kier alpha value is -3.26. The van der Waals surface area contributed by atoms with Crippen molar-refractivity contribution in [3.05, 3.63) is 53.9 Å². The Labute approximate surface area is 139 Å². The monoisotopic (exact) mass is 320 g/mol. The Kier molecular flexibility index (Phi) is 3.97. The van der Waals surface area contributed by atoms with Gasteiger partial charge in [0.25, 0.3) is 0 Å². The molecule has 0 radical (unpaired) electrons. The molecule has 3 rings (SSSR count). The third-order valence-electron chi connectivity index (χ3n) is 3.88. The van der Waals surface area contributed by atoms with E-state index in [0.29, 0.717) is 33.7 Å². The highest BCUT2D eigenvalue weighted by Crippen LogP contribution is 2.41. The van der Waals surface area contributed by atoms with Gasteiger partial charge in [-0.2, -0.15) is 5.26 Å². The molecule has 0 aliphatic heterocycles. The zero-order valence-corrected chi connectivity index (χ0v) is 13.3. The number of nitriles is 1. The minimum Gasteiger partial charge on any atom is -0.508 e. The van der Waals surface area contributed by atoms with Crippen molar-refractivity contribution >= 4 is 0 Å². The number of aromatic nitrogens is 1. The topological polar surface area (TPSA) is 90.3 Å². The van der Waals surface area contributed by atoms with E-state index >= 15 is 0 Å². The molecule has 0 atom stereocenters. The maximum Gasteiger partial charge on any atom is 0.182 e. The molecule has 2 N–H and O–H groups in total. The molecule has 0 unspecified atom stereocenters. The second-order valence-electron chi connectivity index (χ2n) is 5.77. The van der Waals surface area contributed by atoms with Gasteiger partial charge < -0.3 is 14.6 Å². The molecule has 1 aromatic heterocycles. The van der Waals surface area contributed by atoms with Gasteiger partial charge in [0.05, 0.1) is 11.6 Å². The summed E-state index contributed by atoms with van der Waals surface area (Å²) in [6.45, 7) is 3.90. The van der Waals surface area contributed by atoms with Crippen LogP contribution >= 0.6 is 0 Å². The van der Waals surface area contributed by atoms with E-state index < -0.39 is 0 Å². The number of rotatable bonds is 3. The van der Waals surface area contributed by atoms with Crippen LogP contribution in [-0.4, -0.2) is 15.2 Å². The standard InChI is InChI=1S/C19H16N2O3/c1-11(2)14-7-15(17(23)8-16(14)22)18-19(24-10-21-18)13-6-4-3-5-12(13)9-20/h3-8,10-11,22-23H,1-2H3. The SMILES string of the molecule is CC(C)c1cc(-c2ncoc2-c2ccccc2C#N)c(O)cc1O. The van der Waals surface area contributed by atoms with E-state index in [-0.39, 0.29) is 17.4 Å². The molecule has 0 saturated carbocycles. The van der Waals surface area contributed by atoms with Gasteiger partial charge in [-0.15, -0.1) is 0 Å². The summed E-state index contributed by atoms with van der Waals surface area (Å²) in [5.74, 6) is 0.421. The Balaban J connectivity index is 2.22. The first-order valence-corrected chi connectivity index (χ1v) is 7.52. The average molecular weight is 320 g/mol. The van der Waals surface area contributed by atoms with Crippen molar-refractivity contribution in [2.24, 2.45) is 0 Å². The van der Waals surface area contributed by atoms with E-state index in [9.17, 15) is 15.5 Å². The van der Waals surface area contributed by atoms with Crippen LogP contribution in [0.4, 0.5) is 0 Å². The lowest BCUT2D eigenvalue weighted by atomic mass is 9.95. The van der Waals surface area contributed by atoms with Crippen LogP contribution < -0.4 is 0 Å². The van der Waals surface area contributed by atoms with Gasteiger partial charge in [0.2, 0.25) is 0 Å². The molecule has 5 nitrogen and oxygen atoms in total. The Bertz CT molecular complexity index is 936. The Morgan fingerprint density at radius 3 is 2.54 bits per heavy atom. The molecule has 24 heavy (non-hydrogen) atoms. The summed E-state index contributed by atoms with van der Waals surface area (Å²) < 4.78 is 5.50. The van der Waals surface area contributed by atoms with Gasteiger partial charge in [0.1, 0.15) is 17.2 Å². The summed E-state index contributed by atoms with van der Waals surface area (Å²) >= 11 is 0. The van der Waals surface area contributed by atoms with E-state index in [2.05, 4.69) is 11.1 Å². The minimum absolute atomic E-state index is 0.0359. The summed E-state index contributed by atoms with van der Waals surface area (Å²) in [7, 11) is 0. The summed E-state index contributed by atoms with van der Waals surface area (Å²) in [6.07, 6.45) is 1.28. The molecular formula is C19H16N2O3. The molecule has 120 valence electrons. The number of hydrogen-bond acceptors (Lipinski definition) is 5. The van der Waals surface area contributed by atoms with E-state index in [4.69, 9.17) is 4.42 Å². The van der Waals surface area contributed by atoms with Gasteiger partial charge in [-0.05, 0) is 29.7 Å². The van der Waals surface area contributed by atoms with Crippen molar-refractivity contribution in [3.63, 3.8) is 0 Å². The molecule has 0 aliphatic rings. The Morgan fingerprint density at radius 2 is 1.83 bits per heavy atom. The van der Waals surface area contributed by atoms with Gasteiger partial charge in [0, 0.05) is 17.2 Å². The summed E-state index contributed by atoms with van der Waals surface area (Å²) in [4.78, 5) is 4.21. The van der Waals surface area contributed by atoms with Gasteiger partial charge in [-0.1, -0.05) is 26.0 Å². The molecule has 3 aromatic rings. The third-order valence-corrected chi connectivity index (χ3v) is 3.88. The minimum atomic E-state index is -0.0958. The number of phenolic OH excluding ortho intramolecular Hbond substituents is 2. The van der Waals surface area contributed by atoms with Gasteiger partial charge in [0.15, 0.2) is 12.2 Å². The number of benzene rings is 2. The number of hydrogen-bond donors (Lipinski definition) is 2. The van der Waals surface area contributed by atoms with Crippen molar-refractivity contribution in [3.8, 4) is 40.1 Å². The first-order valence-electron chi connectivity index (χ1n) is 7.52. The predicted molar refractivity (Wildman–Crippen MR) is 89.5 cm³/mol. The fourth-order valence-electron chi connectivity index (χ4n) is 2.65. The maximum atomic E-state index is 10.3. The molecular weight excluding hydrogens is 304 g/mol. The maximum absolute atomic E-state index is 10.3. The largest absolute Gasteiger partial charge is 0.508 e. The van der Waals surface area contributed by atoms with Gasteiger partial charge in [-0.3, -0.25) is 0 Å². The molecule has 0 bridgehead atoms. The average Bonchev–Trinajstić information content (AvgIpc) is 3.03. The molecule has 0 spiro atoms. The van der Waals surface area contributed by atoms with Crippen molar-refractivity contribution in [1.82, 2.24) is 4.98 Å². The van der Waals surface area contributed by atoms with Crippen LogP contribution in [0.15, 0.2) is 47.2 Å². The predicted octanol–water partition coefficient (Wildman–Crippen LogP) is 4.41. The molecule has 2 aromatic carbocycles. The zero-order valence-electron chi connectivity index (χ0n) is 13.3. The number of aromatic hydroxyl groups is 2. The van der Waals surface area contributed by atoms with Crippen LogP contribution in [0.5, 0.6) is 11.5 Å². The molecule has 0 saturated heterocycles. The van der Waals surface area contributed by atoms with Gasteiger partial charge >= 0.3 is 0 Å². The van der Waals surface area contributed by atoms with Crippen LogP contribution in [0, 0.1) is 11.3 Å². The lowest BCUT2D eigenvalue weighted by molar-refractivity contribution is 0.445. The quantitative estimate of drug-likeness (QED) is 0.745. The van der Waals surface area contributed by atoms with Crippen molar-refractivity contribution < 1.29 is 14.6 Å². The molecule has 0 fully saturated rings. The number of phenols is 2. The fourth-order valence-corrected chi connectivity index (χ4v) is 2.65. The highest BCUT2D eigenvalue weighted by Gasteiger charge is 2.20. The van der Waals surface area contributed by atoms with Crippen molar-refractivity contribution in [2.45, 2.75) is 19.8 Å². The van der Waals surface area contributed by atoms with Crippen molar-refractivity contribution in [2.75, 3.05) is 0 Å². The molecule has 0 aliphatic carbocycles. The second kappa shape index (κ2) is 6.09. The highest BCUT2D eigenvalue weighted by molar-refractivity contribution is 5.83. The Morgan fingerprint density at radius 1 is 1.08 bits per heavy atom. The van der Waals surface area contributed by atoms with Crippen LogP contribution in [-0.2, 0) is 0 Å². The first kappa shape index (κ1) is 15.6. The summed E-state index contributed by atoms with van der Waals surface area (Å²) in [5.41, 5.74) is 2.64. The van der Waals surface area contributed by atoms with Crippen molar-refractivity contribution in [1.29, 1.82) is 5.26 Å². The van der Waals surface area contributed by atoms with Crippen LogP contribution in [0.3, 0.4) is 0 Å². The second-order valence-corrected chi connectivity index (χ2v) is 5.77. The van der Waals surface area contributed by atoms with Crippen LogP contribution in [0.1, 0.15) is 30.9 Å². The summed E-state index contributed by atoms with van der Waals surface area (Å²) in [5, 5.41) is 29.6. The number of nitrogens with zero attached hydrogens (tertiary/aromatic N) is 2. The highest BCUT2D eigenvalue weighted by atomic mass is 16.3. The third kappa shape index (κ3) is 2.59. The number of oxazole rings is 1. The lowest BCUT2D eigenvalue weighted by Crippen LogP contribution is -1.92. The molecule has 5 heteroatoms. The lowest BCUT2D eigenvalue weighted by Gasteiger charge is -2.12. The summed E-state index contributed by atoms with van der Waals surface area (Å²) in [6, 6.07) is 12.2. The van der Waals surface area contributed by atoms with Crippen LogP contribution in [0.25, 0.3) is 22.6 Å². The van der Waals surface area contributed by atoms with E-state index in [0.717, 1.165) is 0 Å². The smallest absolute Gasteiger partial charge is 0.182 e.